The average molecular weight is 533 g/mol. The largest absolute Gasteiger partial charge is 0.356 e. The first kappa shape index (κ1) is 25.1. The lowest BCUT2D eigenvalue weighted by atomic mass is 10.1. The third-order valence-electron chi connectivity index (χ3n) is 5.89. The SMILES string of the molecule is CCN1CCN(CC(C)CNC(=NC)NC2CCN(c3ncccc3F)C2)CC1.I. The molecule has 7 nitrogen and oxygen atoms in total. The molecule has 0 aliphatic carbocycles. The normalized spacial score (nSPS) is 21.9. The van der Waals surface area contributed by atoms with Gasteiger partial charge in [-0.25, -0.2) is 9.37 Å². The third-order valence-corrected chi connectivity index (χ3v) is 5.89. The molecular weight excluding hydrogens is 496 g/mol. The molecule has 0 radical (unpaired) electrons. The van der Waals surface area contributed by atoms with Gasteiger partial charge in [-0.05, 0) is 31.0 Å². The van der Waals surface area contributed by atoms with E-state index in [2.05, 4.69) is 44.3 Å². The van der Waals surface area contributed by atoms with Crippen LogP contribution in [0.15, 0.2) is 23.3 Å². The van der Waals surface area contributed by atoms with Gasteiger partial charge in [0, 0.05) is 71.6 Å². The monoisotopic (exact) mass is 533 g/mol. The van der Waals surface area contributed by atoms with Crippen LogP contribution in [0.1, 0.15) is 20.3 Å². The maximum absolute atomic E-state index is 14.0. The first-order valence-electron chi connectivity index (χ1n) is 10.9. The quantitative estimate of drug-likeness (QED) is 0.317. The smallest absolute Gasteiger partial charge is 0.191 e. The molecule has 0 spiro atoms. The summed E-state index contributed by atoms with van der Waals surface area (Å²) in [6.07, 6.45) is 2.58. The Morgan fingerprint density at radius 2 is 2.00 bits per heavy atom. The van der Waals surface area contributed by atoms with Crippen LogP contribution in [0.5, 0.6) is 0 Å². The summed E-state index contributed by atoms with van der Waals surface area (Å²) in [4.78, 5) is 15.6. The Hall–Kier alpha value is -1.20. The molecule has 2 fully saturated rings. The van der Waals surface area contributed by atoms with Gasteiger partial charge in [-0.3, -0.25) is 4.99 Å². The van der Waals surface area contributed by atoms with E-state index in [4.69, 9.17) is 0 Å². The number of guanidine groups is 1. The van der Waals surface area contributed by atoms with Crippen molar-refractivity contribution in [3.8, 4) is 0 Å². The molecule has 0 bridgehead atoms. The molecule has 30 heavy (non-hydrogen) atoms. The van der Waals surface area contributed by atoms with Gasteiger partial charge in [0.1, 0.15) is 0 Å². The number of anilines is 1. The molecule has 1 aromatic heterocycles. The number of piperazine rings is 1. The fourth-order valence-electron chi connectivity index (χ4n) is 4.13. The number of pyridine rings is 1. The summed E-state index contributed by atoms with van der Waals surface area (Å²) in [7, 11) is 1.80. The highest BCUT2D eigenvalue weighted by Crippen LogP contribution is 2.20. The van der Waals surface area contributed by atoms with Crippen LogP contribution < -0.4 is 15.5 Å². The first-order chi connectivity index (χ1) is 14.1. The minimum absolute atomic E-state index is 0. The van der Waals surface area contributed by atoms with Crippen molar-refractivity contribution < 1.29 is 4.39 Å². The maximum atomic E-state index is 14.0. The van der Waals surface area contributed by atoms with Crippen LogP contribution in [-0.2, 0) is 0 Å². The molecule has 3 rings (SSSR count). The zero-order valence-electron chi connectivity index (χ0n) is 18.5. The van der Waals surface area contributed by atoms with Crippen LogP contribution in [0.3, 0.4) is 0 Å². The van der Waals surface area contributed by atoms with Gasteiger partial charge in [-0.1, -0.05) is 13.8 Å². The first-order valence-corrected chi connectivity index (χ1v) is 10.9. The Balaban J connectivity index is 0.00000320. The molecule has 170 valence electrons. The number of likely N-dealkylation sites (N-methyl/N-ethyl adjacent to an activating group) is 1. The summed E-state index contributed by atoms with van der Waals surface area (Å²) in [5.41, 5.74) is 0. The van der Waals surface area contributed by atoms with Crippen LogP contribution in [0.2, 0.25) is 0 Å². The zero-order valence-corrected chi connectivity index (χ0v) is 20.8. The molecule has 2 aliphatic rings. The van der Waals surface area contributed by atoms with Crippen molar-refractivity contribution in [3.63, 3.8) is 0 Å². The Morgan fingerprint density at radius 3 is 2.67 bits per heavy atom. The molecule has 0 amide bonds. The van der Waals surface area contributed by atoms with Gasteiger partial charge < -0.3 is 25.3 Å². The molecular formula is C21H37FIN7. The second-order valence-corrected chi connectivity index (χ2v) is 8.18. The fraction of sp³-hybridized carbons (Fsp3) is 0.714. The average Bonchev–Trinajstić information content (AvgIpc) is 3.20. The number of hydrogen-bond donors (Lipinski definition) is 2. The van der Waals surface area contributed by atoms with E-state index in [-0.39, 0.29) is 35.8 Å². The van der Waals surface area contributed by atoms with E-state index in [1.54, 1.807) is 19.3 Å². The molecule has 2 saturated heterocycles. The molecule has 0 aromatic carbocycles. The molecule has 3 heterocycles. The number of halogens is 2. The van der Waals surface area contributed by atoms with Crippen molar-refractivity contribution >= 4 is 35.8 Å². The van der Waals surface area contributed by atoms with Gasteiger partial charge in [0.2, 0.25) is 0 Å². The van der Waals surface area contributed by atoms with Gasteiger partial charge >= 0.3 is 0 Å². The lowest BCUT2D eigenvalue weighted by Gasteiger charge is -2.35. The Kier molecular flexibility index (Phi) is 10.5. The minimum Gasteiger partial charge on any atom is -0.356 e. The topological polar surface area (TPSA) is 59.0 Å². The van der Waals surface area contributed by atoms with E-state index < -0.39 is 0 Å². The summed E-state index contributed by atoms with van der Waals surface area (Å²) in [5, 5.41) is 6.95. The minimum atomic E-state index is -0.260. The highest BCUT2D eigenvalue weighted by atomic mass is 127. The second-order valence-electron chi connectivity index (χ2n) is 8.18. The van der Waals surface area contributed by atoms with Crippen LogP contribution in [0.4, 0.5) is 10.2 Å². The standard InChI is InChI=1S/C21H36FN7.HI/c1-4-27-10-12-28(13-11-27)15-17(2)14-25-21(23-3)26-18-7-9-29(16-18)20-19(22)6-5-8-24-20;/h5-6,8,17-18H,4,7,9-16H2,1-3H3,(H2,23,25,26);1H. The lowest BCUT2D eigenvalue weighted by Crippen LogP contribution is -2.49. The van der Waals surface area contributed by atoms with Gasteiger partial charge in [0.15, 0.2) is 17.6 Å². The number of aromatic nitrogens is 1. The molecule has 2 atom stereocenters. The van der Waals surface area contributed by atoms with E-state index in [0.717, 1.165) is 58.2 Å². The molecule has 2 aliphatic heterocycles. The maximum Gasteiger partial charge on any atom is 0.191 e. The van der Waals surface area contributed by atoms with E-state index in [9.17, 15) is 4.39 Å². The number of rotatable bonds is 7. The third kappa shape index (κ3) is 7.19. The summed E-state index contributed by atoms with van der Waals surface area (Å²) in [6, 6.07) is 3.33. The Morgan fingerprint density at radius 1 is 1.27 bits per heavy atom. The molecule has 1 aromatic rings. The Labute approximate surface area is 197 Å². The van der Waals surface area contributed by atoms with Crippen LogP contribution >= 0.6 is 24.0 Å². The van der Waals surface area contributed by atoms with Crippen molar-refractivity contribution in [2.45, 2.75) is 26.3 Å². The van der Waals surface area contributed by atoms with Gasteiger partial charge in [-0.15, -0.1) is 24.0 Å². The molecule has 2 unspecified atom stereocenters. The Bertz CT molecular complexity index is 667. The van der Waals surface area contributed by atoms with Crippen LogP contribution in [0.25, 0.3) is 0 Å². The summed E-state index contributed by atoms with van der Waals surface area (Å²) in [5.74, 6) is 1.55. The molecule has 9 heteroatoms. The number of hydrogen-bond acceptors (Lipinski definition) is 5. The van der Waals surface area contributed by atoms with Gasteiger partial charge in [0.05, 0.1) is 0 Å². The highest BCUT2D eigenvalue weighted by Gasteiger charge is 2.26. The zero-order chi connectivity index (χ0) is 20.6. The fourth-order valence-corrected chi connectivity index (χ4v) is 4.13. The van der Waals surface area contributed by atoms with Gasteiger partial charge in [-0.2, -0.15) is 0 Å². The van der Waals surface area contributed by atoms with Crippen LogP contribution in [-0.4, -0.2) is 92.7 Å². The second kappa shape index (κ2) is 12.6. The molecule has 0 saturated carbocycles. The summed E-state index contributed by atoms with van der Waals surface area (Å²) >= 11 is 0. The van der Waals surface area contributed by atoms with Crippen molar-refractivity contribution in [2.75, 3.05) is 70.9 Å². The van der Waals surface area contributed by atoms with E-state index >= 15 is 0 Å². The predicted octanol–water partition coefficient (Wildman–Crippen LogP) is 1.86. The lowest BCUT2D eigenvalue weighted by molar-refractivity contribution is 0.124. The van der Waals surface area contributed by atoms with Crippen molar-refractivity contribution in [1.29, 1.82) is 0 Å². The van der Waals surface area contributed by atoms with Crippen molar-refractivity contribution in [1.82, 2.24) is 25.4 Å². The van der Waals surface area contributed by atoms with Crippen molar-refractivity contribution in [3.05, 3.63) is 24.1 Å². The summed E-state index contributed by atoms with van der Waals surface area (Å²) in [6.45, 7) is 13.9. The van der Waals surface area contributed by atoms with E-state index in [0.29, 0.717) is 11.7 Å². The van der Waals surface area contributed by atoms with Crippen LogP contribution in [0, 0.1) is 11.7 Å². The molecule has 2 N–H and O–H groups in total. The summed E-state index contributed by atoms with van der Waals surface area (Å²) < 4.78 is 14.0. The van der Waals surface area contributed by atoms with E-state index in [1.165, 1.54) is 19.2 Å². The predicted molar refractivity (Wildman–Crippen MR) is 132 cm³/mol. The van der Waals surface area contributed by atoms with E-state index in [1.807, 2.05) is 4.90 Å². The van der Waals surface area contributed by atoms with Gasteiger partial charge in [0.25, 0.3) is 0 Å². The number of nitrogens with one attached hydrogen (secondary N) is 2. The number of nitrogens with zero attached hydrogens (tertiary/aromatic N) is 5. The highest BCUT2D eigenvalue weighted by molar-refractivity contribution is 14.0. The van der Waals surface area contributed by atoms with Crippen molar-refractivity contribution in [2.24, 2.45) is 10.9 Å². The number of aliphatic imine (C=N–C) groups is 1.